The molecular formula is C16H17F2N. The van der Waals surface area contributed by atoms with Crippen molar-refractivity contribution in [2.24, 2.45) is 0 Å². The molecule has 0 saturated heterocycles. The Balaban J connectivity index is 2.07. The van der Waals surface area contributed by atoms with Gasteiger partial charge in [0.25, 0.3) is 0 Å². The zero-order chi connectivity index (χ0) is 13.8. The van der Waals surface area contributed by atoms with E-state index >= 15 is 0 Å². The first-order valence-electron chi connectivity index (χ1n) is 6.32. The molecule has 0 heterocycles. The summed E-state index contributed by atoms with van der Waals surface area (Å²) in [6.45, 7) is 3.50. The van der Waals surface area contributed by atoms with Gasteiger partial charge in [-0.25, -0.2) is 8.78 Å². The summed E-state index contributed by atoms with van der Waals surface area (Å²) in [4.78, 5) is 0. The van der Waals surface area contributed by atoms with E-state index in [1.165, 1.54) is 12.1 Å². The minimum atomic E-state index is -0.418. The van der Waals surface area contributed by atoms with E-state index < -0.39 is 11.6 Å². The Labute approximate surface area is 112 Å². The first-order chi connectivity index (χ1) is 9.06. The molecule has 2 aromatic rings. The highest BCUT2D eigenvalue weighted by Gasteiger charge is 2.10. The first kappa shape index (κ1) is 13.5. The van der Waals surface area contributed by atoms with Crippen LogP contribution in [0.1, 0.15) is 18.1 Å². The van der Waals surface area contributed by atoms with Gasteiger partial charge >= 0.3 is 0 Å². The largest absolute Gasteiger partial charge is 0.380 e. The molecule has 0 bridgehead atoms. The van der Waals surface area contributed by atoms with Crippen LogP contribution in [0.2, 0.25) is 0 Å². The van der Waals surface area contributed by atoms with Gasteiger partial charge < -0.3 is 5.32 Å². The second-order valence-electron chi connectivity index (χ2n) is 4.82. The maximum atomic E-state index is 13.7. The lowest BCUT2D eigenvalue weighted by atomic mass is 10.1. The fourth-order valence-corrected chi connectivity index (χ4v) is 2.04. The van der Waals surface area contributed by atoms with Crippen molar-refractivity contribution in [2.45, 2.75) is 26.3 Å². The summed E-state index contributed by atoms with van der Waals surface area (Å²) in [7, 11) is 0. The third-order valence-corrected chi connectivity index (χ3v) is 3.03. The van der Waals surface area contributed by atoms with Crippen LogP contribution in [0, 0.1) is 18.6 Å². The van der Waals surface area contributed by atoms with Crippen LogP contribution in [0.15, 0.2) is 42.5 Å². The number of hydrogen-bond acceptors (Lipinski definition) is 1. The lowest BCUT2D eigenvalue weighted by Crippen LogP contribution is -2.19. The second kappa shape index (κ2) is 5.83. The molecule has 0 fully saturated rings. The molecule has 0 aliphatic carbocycles. The average Bonchev–Trinajstić information content (AvgIpc) is 2.37. The molecule has 0 saturated carbocycles. The van der Waals surface area contributed by atoms with E-state index in [-0.39, 0.29) is 11.7 Å². The normalized spacial score (nSPS) is 12.2. The fourth-order valence-electron chi connectivity index (χ4n) is 2.04. The van der Waals surface area contributed by atoms with E-state index in [2.05, 4.69) is 5.32 Å². The zero-order valence-corrected chi connectivity index (χ0v) is 11.1. The number of halogens is 2. The summed E-state index contributed by atoms with van der Waals surface area (Å²) in [5, 5.41) is 3.01. The van der Waals surface area contributed by atoms with E-state index in [1.54, 1.807) is 6.92 Å². The number of anilines is 1. The molecule has 2 rings (SSSR count). The Morgan fingerprint density at radius 1 is 1.05 bits per heavy atom. The second-order valence-corrected chi connectivity index (χ2v) is 4.82. The van der Waals surface area contributed by atoms with Crippen LogP contribution in [-0.4, -0.2) is 6.04 Å². The number of hydrogen-bond donors (Lipinski definition) is 1. The van der Waals surface area contributed by atoms with E-state index in [9.17, 15) is 8.78 Å². The maximum Gasteiger partial charge on any atom is 0.146 e. The van der Waals surface area contributed by atoms with Crippen molar-refractivity contribution >= 4 is 5.69 Å². The molecule has 1 N–H and O–H groups in total. The molecule has 1 atom stereocenters. The van der Waals surface area contributed by atoms with Gasteiger partial charge in [-0.1, -0.05) is 30.3 Å². The zero-order valence-electron chi connectivity index (χ0n) is 11.1. The molecule has 1 unspecified atom stereocenters. The number of nitrogens with one attached hydrogen (secondary N) is 1. The summed E-state index contributed by atoms with van der Waals surface area (Å²) < 4.78 is 27.1. The lowest BCUT2D eigenvalue weighted by Gasteiger charge is -2.16. The van der Waals surface area contributed by atoms with Gasteiger partial charge in [0.15, 0.2) is 0 Å². The number of benzene rings is 2. The van der Waals surface area contributed by atoms with E-state index in [0.29, 0.717) is 5.56 Å². The minimum Gasteiger partial charge on any atom is -0.380 e. The molecule has 3 heteroatoms. The standard InChI is InChI=1S/C16H17F2N/c1-11-8-15(18)16(10-14(11)17)19-12(2)9-13-6-4-3-5-7-13/h3-8,10,12,19H,9H2,1-2H3. The quantitative estimate of drug-likeness (QED) is 0.864. The number of aryl methyl sites for hydroxylation is 1. The first-order valence-corrected chi connectivity index (χ1v) is 6.32. The van der Waals surface area contributed by atoms with E-state index in [4.69, 9.17) is 0 Å². The summed E-state index contributed by atoms with van der Waals surface area (Å²) in [6.07, 6.45) is 0.760. The van der Waals surface area contributed by atoms with Crippen LogP contribution in [0.5, 0.6) is 0 Å². The highest BCUT2D eigenvalue weighted by atomic mass is 19.1. The van der Waals surface area contributed by atoms with Gasteiger partial charge in [-0.05, 0) is 37.5 Å². The van der Waals surface area contributed by atoms with E-state index in [0.717, 1.165) is 12.0 Å². The van der Waals surface area contributed by atoms with Crippen molar-refractivity contribution in [1.82, 2.24) is 0 Å². The predicted octanol–water partition coefficient (Wildman–Crippen LogP) is 4.32. The van der Waals surface area contributed by atoms with Crippen molar-refractivity contribution in [2.75, 3.05) is 5.32 Å². The summed E-state index contributed by atoms with van der Waals surface area (Å²) in [5.41, 5.74) is 1.70. The summed E-state index contributed by atoms with van der Waals surface area (Å²) >= 11 is 0. The molecule has 0 aromatic heterocycles. The molecule has 0 amide bonds. The predicted molar refractivity (Wildman–Crippen MR) is 74.3 cm³/mol. The average molecular weight is 261 g/mol. The minimum absolute atomic E-state index is 0.0269. The van der Waals surface area contributed by atoms with Gasteiger partial charge in [-0.15, -0.1) is 0 Å². The Morgan fingerprint density at radius 2 is 1.74 bits per heavy atom. The smallest absolute Gasteiger partial charge is 0.146 e. The van der Waals surface area contributed by atoms with Crippen LogP contribution in [0.3, 0.4) is 0 Å². The van der Waals surface area contributed by atoms with Gasteiger partial charge in [-0.3, -0.25) is 0 Å². The van der Waals surface area contributed by atoms with Crippen LogP contribution in [-0.2, 0) is 6.42 Å². The van der Waals surface area contributed by atoms with Gasteiger partial charge in [-0.2, -0.15) is 0 Å². The third kappa shape index (κ3) is 3.53. The highest BCUT2D eigenvalue weighted by Crippen LogP contribution is 2.20. The molecule has 0 aliphatic heterocycles. The Kier molecular flexibility index (Phi) is 4.15. The van der Waals surface area contributed by atoms with Gasteiger partial charge in [0.05, 0.1) is 5.69 Å². The van der Waals surface area contributed by atoms with Gasteiger partial charge in [0.2, 0.25) is 0 Å². The maximum absolute atomic E-state index is 13.7. The third-order valence-electron chi connectivity index (χ3n) is 3.03. The molecular weight excluding hydrogens is 244 g/mol. The topological polar surface area (TPSA) is 12.0 Å². The SMILES string of the molecule is Cc1cc(F)c(NC(C)Cc2ccccc2)cc1F. The van der Waals surface area contributed by atoms with Crippen molar-refractivity contribution in [3.05, 3.63) is 65.2 Å². The van der Waals surface area contributed by atoms with Crippen molar-refractivity contribution < 1.29 is 8.78 Å². The monoisotopic (exact) mass is 261 g/mol. The Morgan fingerprint density at radius 3 is 2.42 bits per heavy atom. The van der Waals surface area contributed by atoms with Crippen molar-refractivity contribution in [1.29, 1.82) is 0 Å². The molecule has 1 nitrogen and oxygen atoms in total. The van der Waals surface area contributed by atoms with Gasteiger partial charge in [0.1, 0.15) is 11.6 Å². The molecule has 19 heavy (non-hydrogen) atoms. The molecule has 2 aromatic carbocycles. The van der Waals surface area contributed by atoms with Crippen LogP contribution < -0.4 is 5.32 Å². The Hall–Kier alpha value is -1.90. The number of rotatable bonds is 4. The van der Waals surface area contributed by atoms with Crippen LogP contribution in [0.25, 0.3) is 0 Å². The van der Waals surface area contributed by atoms with Gasteiger partial charge in [0, 0.05) is 12.1 Å². The van der Waals surface area contributed by atoms with Crippen molar-refractivity contribution in [3.63, 3.8) is 0 Å². The molecule has 0 spiro atoms. The van der Waals surface area contributed by atoms with Crippen molar-refractivity contribution in [3.8, 4) is 0 Å². The molecule has 0 radical (unpaired) electrons. The van der Waals surface area contributed by atoms with Crippen LogP contribution in [0.4, 0.5) is 14.5 Å². The van der Waals surface area contributed by atoms with Crippen LogP contribution >= 0.6 is 0 Å². The summed E-state index contributed by atoms with van der Waals surface area (Å²) in [6, 6.07) is 12.4. The Bertz CT molecular complexity index is 552. The molecule has 0 aliphatic rings. The lowest BCUT2D eigenvalue weighted by molar-refractivity contribution is 0.592. The summed E-state index contributed by atoms with van der Waals surface area (Å²) in [5.74, 6) is -0.811. The highest BCUT2D eigenvalue weighted by molar-refractivity contribution is 5.47. The molecule has 100 valence electrons. The van der Waals surface area contributed by atoms with E-state index in [1.807, 2.05) is 37.3 Å². The fraction of sp³-hybridized carbons (Fsp3) is 0.250.